The third-order valence-electron chi connectivity index (χ3n) is 7.06. The quantitative estimate of drug-likeness (QED) is 0.431. The summed E-state index contributed by atoms with van der Waals surface area (Å²) in [5, 5.41) is 20.3. The third-order valence-corrected chi connectivity index (χ3v) is 9.73. The lowest BCUT2D eigenvalue weighted by atomic mass is 10.0. The maximum atomic E-state index is 15.1. The summed E-state index contributed by atoms with van der Waals surface area (Å²) in [6.07, 6.45) is 5.72. The van der Waals surface area contributed by atoms with E-state index in [0.29, 0.717) is 41.4 Å². The molecule has 0 unspecified atom stereocenters. The highest BCUT2D eigenvalue weighted by Crippen LogP contribution is 2.31. The second kappa shape index (κ2) is 10.9. The summed E-state index contributed by atoms with van der Waals surface area (Å²) in [6.45, 7) is 0.725. The third kappa shape index (κ3) is 5.24. The molecule has 2 N–H and O–H groups in total. The summed E-state index contributed by atoms with van der Waals surface area (Å²) in [5.41, 5.74) is 2.86. The van der Waals surface area contributed by atoms with Gasteiger partial charge in [0.25, 0.3) is 0 Å². The Labute approximate surface area is 225 Å². The Bertz CT molecular complexity index is 1470. The lowest BCUT2D eigenvalue weighted by molar-refractivity contribution is 0.183. The van der Waals surface area contributed by atoms with Crippen LogP contribution in [0.1, 0.15) is 36.8 Å². The van der Waals surface area contributed by atoms with Crippen molar-refractivity contribution in [2.24, 2.45) is 0 Å². The maximum Gasteiger partial charge on any atom is 0.223 e. The van der Waals surface area contributed by atoms with Crippen LogP contribution in [-0.4, -0.2) is 70.1 Å². The number of sulfonamides is 1. The molecule has 1 aromatic carbocycles. The summed E-state index contributed by atoms with van der Waals surface area (Å²) in [5.74, 6) is 0.157. The molecule has 0 bridgehead atoms. The van der Waals surface area contributed by atoms with Crippen LogP contribution in [0.3, 0.4) is 0 Å². The minimum Gasteiger partial charge on any atom is -0.348 e. The fourth-order valence-electron chi connectivity index (χ4n) is 4.70. The molecule has 200 valence electrons. The number of aromatic nitrogens is 4. The van der Waals surface area contributed by atoms with E-state index in [4.69, 9.17) is 11.6 Å². The number of nitrogens with one attached hydrogen (secondary N) is 2. The molecule has 0 amide bonds. The van der Waals surface area contributed by atoms with E-state index in [9.17, 15) is 13.7 Å². The fourth-order valence-corrected chi connectivity index (χ4v) is 7.05. The molecule has 38 heavy (non-hydrogen) atoms. The number of rotatable bonds is 8. The first-order valence-corrected chi connectivity index (χ1v) is 14.3. The van der Waals surface area contributed by atoms with Gasteiger partial charge in [0.1, 0.15) is 12.2 Å². The van der Waals surface area contributed by atoms with E-state index < -0.39 is 22.2 Å². The molecule has 0 radical (unpaired) electrons. The summed E-state index contributed by atoms with van der Waals surface area (Å²) in [4.78, 5) is 8.68. The molecule has 3 aromatic rings. The molecular weight excluding hydrogens is 531 g/mol. The second-order valence-electron chi connectivity index (χ2n) is 9.57. The Morgan fingerprint density at radius 3 is 2.74 bits per heavy atom. The van der Waals surface area contributed by atoms with Crippen molar-refractivity contribution in [1.29, 1.82) is 5.26 Å². The van der Waals surface area contributed by atoms with Crippen LogP contribution in [-0.2, 0) is 16.6 Å². The minimum absolute atomic E-state index is 0.157. The summed E-state index contributed by atoms with van der Waals surface area (Å²) < 4.78 is 43.3. The number of nitrogens with zero attached hydrogens (tertiary/aromatic N) is 6. The Hall–Kier alpha value is -3.11. The second-order valence-corrected chi connectivity index (χ2v) is 12.2. The highest BCUT2D eigenvalue weighted by Gasteiger charge is 2.41. The minimum atomic E-state index is -3.46. The van der Waals surface area contributed by atoms with Crippen molar-refractivity contribution < 1.29 is 12.8 Å². The topological polar surface area (TPSA) is 129 Å². The zero-order chi connectivity index (χ0) is 26.9. The van der Waals surface area contributed by atoms with Crippen molar-refractivity contribution in [2.45, 2.75) is 49.7 Å². The Balaban J connectivity index is 1.33. The van der Waals surface area contributed by atoms with E-state index in [1.807, 2.05) is 25.2 Å². The molecule has 5 rings (SSSR count). The van der Waals surface area contributed by atoms with Crippen molar-refractivity contribution in [2.75, 3.05) is 25.5 Å². The van der Waals surface area contributed by atoms with E-state index in [1.165, 1.54) is 10.5 Å². The van der Waals surface area contributed by atoms with E-state index in [2.05, 4.69) is 31.8 Å². The maximum absolute atomic E-state index is 15.1. The number of piperidine rings is 1. The number of hydrogen-bond donors (Lipinski definition) is 2. The number of alkyl halides is 1. The molecule has 2 aliphatic rings. The van der Waals surface area contributed by atoms with Gasteiger partial charge in [-0.25, -0.2) is 27.5 Å². The van der Waals surface area contributed by atoms with E-state index in [-0.39, 0.29) is 36.3 Å². The first kappa shape index (κ1) is 26.5. The van der Waals surface area contributed by atoms with Gasteiger partial charge in [0.2, 0.25) is 16.0 Å². The predicted octanol–water partition coefficient (Wildman–Crippen LogP) is 3.28. The first-order chi connectivity index (χ1) is 18.3. The molecule has 1 aliphatic carbocycles. The Morgan fingerprint density at radius 1 is 1.26 bits per heavy atom. The highest BCUT2D eigenvalue weighted by atomic mass is 35.5. The number of nitriles is 1. The zero-order valence-corrected chi connectivity index (χ0v) is 22.4. The van der Waals surface area contributed by atoms with Crippen molar-refractivity contribution in [1.82, 2.24) is 29.4 Å². The summed E-state index contributed by atoms with van der Waals surface area (Å²) in [6, 6.07) is 7.11. The lowest BCUT2D eigenvalue weighted by Gasteiger charge is -2.38. The summed E-state index contributed by atoms with van der Waals surface area (Å²) >= 11 is 6.47. The van der Waals surface area contributed by atoms with E-state index in [0.717, 1.165) is 12.0 Å². The van der Waals surface area contributed by atoms with Crippen molar-refractivity contribution in [3.05, 3.63) is 52.9 Å². The van der Waals surface area contributed by atoms with Crippen LogP contribution in [0.15, 0.2) is 36.8 Å². The Morgan fingerprint density at radius 2 is 2.08 bits per heavy atom. The lowest BCUT2D eigenvalue weighted by Crippen LogP contribution is -2.53. The van der Waals surface area contributed by atoms with Gasteiger partial charge in [-0.15, -0.1) is 0 Å². The van der Waals surface area contributed by atoms with Crippen LogP contribution in [0.5, 0.6) is 0 Å². The van der Waals surface area contributed by atoms with E-state index in [1.54, 1.807) is 17.1 Å². The molecule has 1 saturated heterocycles. The van der Waals surface area contributed by atoms with Crippen LogP contribution in [0.4, 0.5) is 10.3 Å². The van der Waals surface area contributed by atoms with Crippen LogP contribution in [0.25, 0.3) is 16.9 Å². The van der Waals surface area contributed by atoms with E-state index >= 15 is 4.39 Å². The van der Waals surface area contributed by atoms with Gasteiger partial charge in [-0.2, -0.15) is 14.7 Å². The van der Waals surface area contributed by atoms with Gasteiger partial charge in [-0.1, -0.05) is 24.1 Å². The molecule has 1 aliphatic heterocycles. The predicted molar refractivity (Wildman–Crippen MR) is 142 cm³/mol. The number of hydrogen-bond acceptors (Lipinski definition) is 8. The molecular formula is C25H28ClFN8O2S. The van der Waals surface area contributed by atoms with Gasteiger partial charge in [-0.3, -0.25) is 0 Å². The molecule has 2 fully saturated rings. The SMILES string of the molecule is CNCc1ccc(-n2cc(-c3nc(N[C@H]4CCN(S(=O)(=O)C5CCC5)C[C@H]4F)ncc3C#N)cn2)c(Cl)c1. The summed E-state index contributed by atoms with van der Waals surface area (Å²) in [7, 11) is -1.60. The van der Waals surface area contributed by atoms with Gasteiger partial charge in [0.05, 0.1) is 45.7 Å². The molecule has 13 heteroatoms. The fraction of sp³-hybridized carbons (Fsp3) is 0.440. The van der Waals surface area contributed by atoms with Crippen LogP contribution in [0, 0.1) is 11.3 Å². The Kier molecular flexibility index (Phi) is 7.63. The van der Waals surface area contributed by atoms with Gasteiger partial charge in [0.15, 0.2) is 0 Å². The molecule has 1 saturated carbocycles. The van der Waals surface area contributed by atoms with Crippen molar-refractivity contribution >= 4 is 27.6 Å². The normalized spacial score (nSPS) is 20.6. The molecule has 2 aromatic heterocycles. The standard InChI is InChI=1S/C25H28ClFN8O2S/c1-29-11-16-5-6-23(20(26)9-16)35-14-18(13-31-35)24-17(10-28)12-30-25(33-24)32-22-7-8-34(15-21(22)27)38(36,37)19-3-2-4-19/h5-6,9,12-14,19,21-22,29H,2-4,7-8,11,15H2,1H3,(H,30,32,33)/t21-,22+/m1/s1. The average molecular weight is 559 g/mol. The van der Waals surface area contributed by atoms with Gasteiger partial charge >= 0.3 is 0 Å². The molecule has 3 heterocycles. The highest BCUT2D eigenvalue weighted by molar-refractivity contribution is 7.89. The average Bonchev–Trinajstić information content (AvgIpc) is 3.34. The van der Waals surface area contributed by atoms with Gasteiger partial charge < -0.3 is 10.6 Å². The number of anilines is 1. The molecule has 10 nitrogen and oxygen atoms in total. The van der Waals surface area contributed by atoms with Crippen LogP contribution in [0.2, 0.25) is 5.02 Å². The van der Waals surface area contributed by atoms with Crippen LogP contribution >= 0.6 is 11.6 Å². The molecule has 0 spiro atoms. The van der Waals surface area contributed by atoms with Gasteiger partial charge in [0, 0.05) is 31.4 Å². The first-order valence-electron chi connectivity index (χ1n) is 12.5. The largest absolute Gasteiger partial charge is 0.348 e. The zero-order valence-electron chi connectivity index (χ0n) is 20.8. The number of benzene rings is 1. The smallest absolute Gasteiger partial charge is 0.223 e. The van der Waals surface area contributed by atoms with Crippen LogP contribution < -0.4 is 10.6 Å². The van der Waals surface area contributed by atoms with Crippen molar-refractivity contribution in [3.63, 3.8) is 0 Å². The van der Waals surface area contributed by atoms with Crippen molar-refractivity contribution in [3.8, 4) is 23.0 Å². The number of halogens is 2. The van der Waals surface area contributed by atoms with Gasteiger partial charge in [-0.05, 0) is 44.0 Å². The molecule has 2 atom stereocenters. The monoisotopic (exact) mass is 558 g/mol.